The lowest BCUT2D eigenvalue weighted by Crippen LogP contribution is -2.53. The Bertz CT molecular complexity index is 1750. The van der Waals surface area contributed by atoms with Crippen LogP contribution in [0.2, 0.25) is 0 Å². The standard InChI is InChI=1S/C36H40FN3O6S/c1-5-21-38-36(42)32(22-27-9-7-6-8-10-27)39(24-28-13-15-29(37)16-14-28)35(41)25-40(30-17-20-33(45-3)34(23-30)46-4)47(43,44)31-18-11-26(2)12-19-31/h6-20,23,32H,5,21-22,24-25H2,1-4H3,(H,38,42). The number of hydrogen-bond donors (Lipinski definition) is 1. The summed E-state index contributed by atoms with van der Waals surface area (Å²) < 4.78 is 54.2. The lowest BCUT2D eigenvalue weighted by molar-refractivity contribution is -0.140. The zero-order valence-electron chi connectivity index (χ0n) is 27.0. The highest BCUT2D eigenvalue weighted by Crippen LogP contribution is 2.34. The quantitative estimate of drug-likeness (QED) is 0.180. The molecule has 0 saturated carbocycles. The Kier molecular flexibility index (Phi) is 12.0. The first-order valence-corrected chi connectivity index (χ1v) is 16.7. The van der Waals surface area contributed by atoms with Gasteiger partial charge in [-0.05, 0) is 60.9 Å². The zero-order valence-corrected chi connectivity index (χ0v) is 27.8. The molecule has 4 rings (SSSR count). The number of halogens is 1. The van der Waals surface area contributed by atoms with E-state index in [9.17, 15) is 22.4 Å². The Hall–Kier alpha value is -4.90. The number of carbonyl (C=O) groups excluding carboxylic acids is 2. The van der Waals surface area contributed by atoms with Crippen molar-refractivity contribution in [3.63, 3.8) is 0 Å². The van der Waals surface area contributed by atoms with Crippen molar-refractivity contribution in [1.29, 1.82) is 0 Å². The van der Waals surface area contributed by atoms with E-state index in [2.05, 4.69) is 5.32 Å². The van der Waals surface area contributed by atoms with Gasteiger partial charge < -0.3 is 19.7 Å². The Morgan fingerprint density at radius 3 is 2.13 bits per heavy atom. The van der Waals surface area contributed by atoms with E-state index < -0.39 is 34.3 Å². The van der Waals surface area contributed by atoms with Gasteiger partial charge in [0, 0.05) is 25.6 Å². The molecule has 0 fully saturated rings. The van der Waals surface area contributed by atoms with Crippen LogP contribution < -0.4 is 19.1 Å². The predicted octanol–water partition coefficient (Wildman–Crippen LogP) is 5.51. The van der Waals surface area contributed by atoms with E-state index in [0.717, 1.165) is 15.4 Å². The van der Waals surface area contributed by atoms with Crippen molar-refractivity contribution in [2.24, 2.45) is 0 Å². The number of nitrogens with one attached hydrogen (secondary N) is 1. The summed E-state index contributed by atoms with van der Waals surface area (Å²) in [5, 5.41) is 2.90. The molecule has 248 valence electrons. The van der Waals surface area contributed by atoms with E-state index in [4.69, 9.17) is 9.47 Å². The highest BCUT2D eigenvalue weighted by Gasteiger charge is 2.35. The molecular formula is C36H40FN3O6S. The van der Waals surface area contributed by atoms with Gasteiger partial charge in [0.15, 0.2) is 11.5 Å². The van der Waals surface area contributed by atoms with Crippen LogP contribution in [0, 0.1) is 12.7 Å². The fraction of sp³-hybridized carbons (Fsp3) is 0.278. The van der Waals surface area contributed by atoms with Gasteiger partial charge in [0.25, 0.3) is 10.0 Å². The van der Waals surface area contributed by atoms with Gasteiger partial charge in [-0.15, -0.1) is 0 Å². The molecule has 0 saturated heterocycles. The molecule has 0 aromatic heterocycles. The fourth-order valence-electron chi connectivity index (χ4n) is 5.05. The maximum atomic E-state index is 14.5. The SMILES string of the molecule is CCCNC(=O)C(Cc1ccccc1)N(Cc1ccc(F)cc1)C(=O)CN(c1ccc(OC)c(OC)c1)S(=O)(=O)c1ccc(C)cc1. The molecule has 11 heteroatoms. The summed E-state index contributed by atoms with van der Waals surface area (Å²) in [5.74, 6) is -0.816. The van der Waals surface area contributed by atoms with Gasteiger partial charge in [-0.25, -0.2) is 12.8 Å². The largest absolute Gasteiger partial charge is 0.493 e. The molecule has 0 bridgehead atoms. The molecule has 2 amide bonds. The van der Waals surface area contributed by atoms with Crippen LogP contribution in [0.15, 0.2) is 102 Å². The number of sulfonamides is 1. The highest BCUT2D eigenvalue weighted by molar-refractivity contribution is 7.92. The van der Waals surface area contributed by atoms with Crippen molar-refractivity contribution in [3.8, 4) is 11.5 Å². The zero-order chi connectivity index (χ0) is 34.0. The third-order valence-electron chi connectivity index (χ3n) is 7.63. The minimum atomic E-state index is -4.30. The summed E-state index contributed by atoms with van der Waals surface area (Å²) in [6, 6.07) is 24.8. The molecule has 4 aromatic rings. The molecule has 0 aliphatic heterocycles. The molecule has 47 heavy (non-hydrogen) atoms. The van der Waals surface area contributed by atoms with Gasteiger partial charge >= 0.3 is 0 Å². The van der Waals surface area contributed by atoms with E-state index in [1.54, 1.807) is 18.2 Å². The summed E-state index contributed by atoms with van der Waals surface area (Å²) in [6.07, 6.45) is 0.849. The van der Waals surface area contributed by atoms with E-state index in [1.165, 1.54) is 67.7 Å². The fourth-order valence-corrected chi connectivity index (χ4v) is 6.46. The average Bonchev–Trinajstić information content (AvgIpc) is 3.08. The van der Waals surface area contributed by atoms with Crippen molar-refractivity contribution < 1.29 is 31.9 Å². The Labute approximate surface area is 276 Å². The second kappa shape index (κ2) is 16.1. The number of benzene rings is 4. The Morgan fingerprint density at radius 2 is 1.51 bits per heavy atom. The van der Waals surface area contributed by atoms with Crippen molar-refractivity contribution in [3.05, 3.63) is 120 Å². The lowest BCUT2D eigenvalue weighted by Gasteiger charge is -2.34. The van der Waals surface area contributed by atoms with Gasteiger partial charge in [-0.3, -0.25) is 13.9 Å². The third-order valence-corrected chi connectivity index (χ3v) is 9.42. The summed E-state index contributed by atoms with van der Waals surface area (Å²) in [5.41, 5.74) is 2.41. The molecule has 4 aromatic carbocycles. The van der Waals surface area contributed by atoms with Crippen LogP contribution in [-0.2, 0) is 32.6 Å². The summed E-state index contributed by atoms with van der Waals surface area (Å²) in [4.78, 5) is 29.6. The average molecular weight is 662 g/mol. The van der Waals surface area contributed by atoms with E-state index in [-0.39, 0.29) is 35.2 Å². The minimum absolute atomic E-state index is 0.0164. The highest BCUT2D eigenvalue weighted by atomic mass is 32.2. The molecule has 0 aliphatic carbocycles. The number of hydrogen-bond acceptors (Lipinski definition) is 6. The number of ether oxygens (including phenoxy) is 2. The molecule has 0 spiro atoms. The van der Waals surface area contributed by atoms with Gasteiger partial charge in [-0.2, -0.15) is 0 Å². The Balaban J connectivity index is 1.83. The second-order valence-corrected chi connectivity index (χ2v) is 12.9. The normalized spacial score (nSPS) is 11.8. The van der Waals surface area contributed by atoms with Crippen LogP contribution >= 0.6 is 0 Å². The molecule has 1 unspecified atom stereocenters. The molecule has 1 N–H and O–H groups in total. The number of methoxy groups -OCH3 is 2. The van der Waals surface area contributed by atoms with E-state index in [1.807, 2.05) is 44.2 Å². The summed E-state index contributed by atoms with van der Waals surface area (Å²) >= 11 is 0. The maximum absolute atomic E-state index is 14.5. The van der Waals surface area contributed by atoms with E-state index >= 15 is 0 Å². The van der Waals surface area contributed by atoms with Crippen LogP contribution in [0.3, 0.4) is 0 Å². The number of anilines is 1. The molecule has 0 aliphatic rings. The topological polar surface area (TPSA) is 105 Å². The summed E-state index contributed by atoms with van der Waals surface area (Å²) in [7, 11) is -1.41. The number of rotatable bonds is 15. The van der Waals surface area contributed by atoms with Crippen molar-refractivity contribution in [2.45, 2.75) is 44.2 Å². The molecule has 1 atom stereocenters. The number of aryl methyl sites for hydroxylation is 1. The van der Waals surface area contributed by atoms with Gasteiger partial charge in [0.2, 0.25) is 11.8 Å². The molecular weight excluding hydrogens is 621 g/mol. The van der Waals surface area contributed by atoms with Crippen LogP contribution in [0.25, 0.3) is 0 Å². The molecule has 0 radical (unpaired) electrons. The van der Waals surface area contributed by atoms with E-state index in [0.29, 0.717) is 24.3 Å². The third kappa shape index (κ3) is 8.88. The van der Waals surface area contributed by atoms with Crippen molar-refractivity contribution in [2.75, 3.05) is 31.6 Å². The van der Waals surface area contributed by atoms with Crippen LogP contribution in [-0.4, -0.2) is 58.5 Å². The van der Waals surface area contributed by atoms with Crippen molar-refractivity contribution >= 4 is 27.5 Å². The Morgan fingerprint density at radius 1 is 0.851 bits per heavy atom. The minimum Gasteiger partial charge on any atom is -0.493 e. The molecule has 0 heterocycles. The van der Waals surface area contributed by atoms with Crippen LogP contribution in [0.1, 0.15) is 30.0 Å². The number of nitrogens with zero attached hydrogens (tertiary/aromatic N) is 2. The number of carbonyl (C=O) groups is 2. The maximum Gasteiger partial charge on any atom is 0.264 e. The van der Waals surface area contributed by atoms with Gasteiger partial charge in [0.1, 0.15) is 18.4 Å². The van der Waals surface area contributed by atoms with Crippen LogP contribution in [0.4, 0.5) is 10.1 Å². The smallest absolute Gasteiger partial charge is 0.264 e. The first-order chi connectivity index (χ1) is 22.6. The van der Waals surface area contributed by atoms with Gasteiger partial charge in [-0.1, -0.05) is 67.1 Å². The second-order valence-electron chi connectivity index (χ2n) is 11.0. The lowest BCUT2D eigenvalue weighted by atomic mass is 10.0. The predicted molar refractivity (Wildman–Crippen MR) is 179 cm³/mol. The first kappa shape index (κ1) is 35.0. The van der Waals surface area contributed by atoms with Crippen LogP contribution in [0.5, 0.6) is 11.5 Å². The monoisotopic (exact) mass is 661 g/mol. The summed E-state index contributed by atoms with van der Waals surface area (Å²) in [6.45, 7) is 3.45. The van der Waals surface area contributed by atoms with Crippen molar-refractivity contribution in [1.82, 2.24) is 10.2 Å². The molecule has 9 nitrogen and oxygen atoms in total. The van der Waals surface area contributed by atoms with Gasteiger partial charge in [0.05, 0.1) is 24.8 Å². The number of amides is 2. The first-order valence-electron chi connectivity index (χ1n) is 15.2.